The van der Waals surface area contributed by atoms with Crippen molar-refractivity contribution in [3.63, 3.8) is 0 Å². The van der Waals surface area contributed by atoms with E-state index in [1.807, 2.05) is 0 Å². The van der Waals surface area contributed by atoms with E-state index in [1.54, 1.807) is 0 Å². The van der Waals surface area contributed by atoms with Crippen LogP contribution in [0.4, 0.5) is 0 Å². The lowest BCUT2D eigenvalue weighted by atomic mass is 9.75. The lowest BCUT2D eigenvalue weighted by Crippen LogP contribution is -2.56. The molecule has 0 unspecified atom stereocenters. The van der Waals surface area contributed by atoms with E-state index in [0.717, 1.165) is 19.5 Å². The summed E-state index contributed by atoms with van der Waals surface area (Å²) in [7, 11) is 4.39. The van der Waals surface area contributed by atoms with Crippen molar-refractivity contribution in [2.45, 2.75) is 38.1 Å². The molecule has 0 aromatic carbocycles. The predicted octanol–water partition coefficient (Wildman–Crippen LogP) is 2.03. The molecule has 1 fully saturated rings. The molecule has 1 rings (SSSR count). The first kappa shape index (κ1) is 11.7. The third-order valence-corrected chi connectivity index (χ3v) is 3.42. The molecule has 1 aliphatic carbocycles. The first-order valence-corrected chi connectivity index (χ1v) is 5.59. The third-order valence-electron chi connectivity index (χ3n) is 3.42. The fourth-order valence-electron chi connectivity index (χ4n) is 1.99. The van der Waals surface area contributed by atoms with Gasteiger partial charge in [0.15, 0.2) is 0 Å². The smallest absolute Gasteiger partial charge is 0.0327 e. The minimum Gasteiger partial charge on any atom is -0.315 e. The summed E-state index contributed by atoms with van der Waals surface area (Å²) in [6, 6.07) is 0. The van der Waals surface area contributed by atoms with Crippen molar-refractivity contribution in [1.29, 1.82) is 0 Å². The molecule has 1 N–H and O–H groups in total. The van der Waals surface area contributed by atoms with Crippen LogP contribution in [0.25, 0.3) is 0 Å². The fraction of sp³-hybridized carbons (Fsp3) is 0.833. The highest BCUT2D eigenvalue weighted by Gasteiger charge is 2.38. The summed E-state index contributed by atoms with van der Waals surface area (Å²) in [6.07, 6.45) is 5.18. The van der Waals surface area contributed by atoms with Gasteiger partial charge in [-0.1, -0.05) is 5.57 Å². The molecule has 82 valence electrons. The van der Waals surface area contributed by atoms with Gasteiger partial charge in [-0.3, -0.25) is 0 Å². The Hall–Kier alpha value is -0.340. The van der Waals surface area contributed by atoms with E-state index in [1.165, 1.54) is 24.8 Å². The first-order valence-electron chi connectivity index (χ1n) is 5.59. The molecule has 0 saturated heterocycles. The third kappa shape index (κ3) is 2.82. The van der Waals surface area contributed by atoms with Gasteiger partial charge in [0, 0.05) is 12.1 Å². The Morgan fingerprint density at radius 3 is 2.43 bits per heavy atom. The predicted molar refractivity (Wildman–Crippen MR) is 62.6 cm³/mol. The second-order valence-electron chi connectivity index (χ2n) is 4.86. The summed E-state index contributed by atoms with van der Waals surface area (Å²) in [4.78, 5) is 2.38. The second-order valence-corrected chi connectivity index (χ2v) is 4.86. The van der Waals surface area contributed by atoms with Gasteiger partial charge in [-0.05, 0) is 53.2 Å². The number of hydrogen-bond donors (Lipinski definition) is 1. The quantitative estimate of drug-likeness (QED) is 0.516. The van der Waals surface area contributed by atoms with Gasteiger partial charge in [0.1, 0.15) is 0 Å². The number of hydrogen-bond acceptors (Lipinski definition) is 2. The monoisotopic (exact) mass is 196 g/mol. The number of likely N-dealkylation sites (N-methyl/N-ethyl adjacent to an activating group) is 1. The Kier molecular flexibility index (Phi) is 4.14. The van der Waals surface area contributed by atoms with Gasteiger partial charge in [0.25, 0.3) is 0 Å². The molecule has 0 amide bonds. The van der Waals surface area contributed by atoms with Gasteiger partial charge in [0.05, 0.1) is 0 Å². The fourth-order valence-corrected chi connectivity index (χ4v) is 1.99. The topological polar surface area (TPSA) is 15.3 Å². The normalized spacial score (nSPS) is 19.4. The first-order chi connectivity index (χ1) is 6.57. The van der Waals surface area contributed by atoms with Gasteiger partial charge in [-0.25, -0.2) is 0 Å². The maximum Gasteiger partial charge on any atom is 0.0327 e. The second kappa shape index (κ2) is 4.94. The number of nitrogens with one attached hydrogen (secondary N) is 1. The molecular weight excluding hydrogens is 172 g/mol. The zero-order valence-electron chi connectivity index (χ0n) is 9.90. The molecule has 2 nitrogen and oxygen atoms in total. The molecule has 2 heteroatoms. The maximum absolute atomic E-state index is 3.91. The molecule has 1 saturated carbocycles. The number of rotatable bonds is 6. The Labute approximate surface area is 88.4 Å². The summed E-state index contributed by atoms with van der Waals surface area (Å²) in [5.74, 6) is 0. The van der Waals surface area contributed by atoms with Crippen LogP contribution in [0.2, 0.25) is 0 Å². The Bertz CT molecular complexity index is 192. The average molecular weight is 196 g/mol. The largest absolute Gasteiger partial charge is 0.315 e. The van der Waals surface area contributed by atoms with Crippen molar-refractivity contribution in [1.82, 2.24) is 10.2 Å². The molecule has 0 aliphatic heterocycles. The van der Waals surface area contributed by atoms with Crippen molar-refractivity contribution >= 4 is 0 Å². The zero-order valence-corrected chi connectivity index (χ0v) is 9.90. The molecule has 14 heavy (non-hydrogen) atoms. The summed E-state index contributed by atoms with van der Waals surface area (Å²) in [6.45, 7) is 8.20. The van der Waals surface area contributed by atoms with E-state index in [2.05, 4.69) is 37.8 Å². The summed E-state index contributed by atoms with van der Waals surface area (Å²) in [5, 5.41) is 3.54. The van der Waals surface area contributed by atoms with Crippen LogP contribution >= 0.6 is 0 Å². The van der Waals surface area contributed by atoms with Gasteiger partial charge in [0.2, 0.25) is 0 Å². The van der Waals surface area contributed by atoms with Gasteiger partial charge >= 0.3 is 0 Å². The molecule has 0 spiro atoms. The Morgan fingerprint density at radius 2 is 2.07 bits per heavy atom. The van der Waals surface area contributed by atoms with E-state index >= 15 is 0 Å². The molecule has 0 radical (unpaired) electrons. The van der Waals surface area contributed by atoms with Crippen LogP contribution in [-0.4, -0.2) is 37.6 Å². The van der Waals surface area contributed by atoms with Crippen LogP contribution in [-0.2, 0) is 0 Å². The number of nitrogens with zero attached hydrogens (tertiary/aromatic N) is 1. The average Bonchev–Trinajstić information content (AvgIpc) is 1.99. The minimum absolute atomic E-state index is 0.453. The van der Waals surface area contributed by atoms with Gasteiger partial charge < -0.3 is 10.2 Å². The Morgan fingerprint density at radius 1 is 1.43 bits per heavy atom. The van der Waals surface area contributed by atoms with Crippen molar-refractivity contribution < 1.29 is 0 Å². The van der Waals surface area contributed by atoms with Crippen molar-refractivity contribution in [3.05, 3.63) is 12.2 Å². The lowest BCUT2D eigenvalue weighted by Gasteiger charge is -2.47. The van der Waals surface area contributed by atoms with E-state index in [9.17, 15) is 0 Å². The van der Waals surface area contributed by atoms with E-state index in [0.29, 0.717) is 5.54 Å². The van der Waals surface area contributed by atoms with Crippen LogP contribution in [0, 0.1) is 0 Å². The van der Waals surface area contributed by atoms with Crippen LogP contribution < -0.4 is 5.32 Å². The van der Waals surface area contributed by atoms with Crippen LogP contribution in [0.1, 0.15) is 32.6 Å². The molecule has 0 aromatic rings. The zero-order chi connectivity index (χ0) is 10.6. The molecular formula is C12H24N2. The van der Waals surface area contributed by atoms with Crippen LogP contribution in [0.5, 0.6) is 0 Å². The Balaban J connectivity index is 2.18. The highest BCUT2D eigenvalue weighted by atomic mass is 15.2. The van der Waals surface area contributed by atoms with Crippen molar-refractivity contribution in [3.8, 4) is 0 Å². The van der Waals surface area contributed by atoms with Gasteiger partial charge in [-0.2, -0.15) is 0 Å². The molecule has 0 aromatic heterocycles. The van der Waals surface area contributed by atoms with E-state index in [4.69, 9.17) is 0 Å². The maximum atomic E-state index is 3.91. The highest BCUT2D eigenvalue weighted by molar-refractivity contribution is 4.98. The molecule has 1 aliphatic rings. The van der Waals surface area contributed by atoms with E-state index < -0.39 is 0 Å². The SMILES string of the molecule is C=C(C)CCNCC1(N(C)C)CCC1. The standard InChI is InChI=1S/C12H24N2/c1-11(2)6-9-13-10-12(14(3)4)7-5-8-12/h13H,1,5-10H2,2-4H3. The molecule has 0 heterocycles. The van der Waals surface area contributed by atoms with Gasteiger partial charge in [-0.15, -0.1) is 6.58 Å². The molecule has 0 bridgehead atoms. The summed E-state index contributed by atoms with van der Waals surface area (Å²) < 4.78 is 0. The molecule has 0 atom stereocenters. The van der Waals surface area contributed by atoms with Crippen molar-refractivity contribution in [2.24, 2.45) is 0 Å². The minimum atomic E-state index is 0.453. The van der Waals surface area contributed by atoms with Crippen LogP contribution in [0.3, 0.4) is 0 Å². The lowest BCUT2D eigenvalue weighted by molar-refractivity contribution is 0.0604. The summed E-state index contributed by atoms with van der Waals surface area (Å²) in [5.41, 5.74) is 1.72. The van der Waals surface area contributed by atoms with Crippen LogP contribution in [0.15, 0.2) is 12.2 Å². The summed E-state index contributed by atoms with van der Waals surface area (Å²) >= 11 is 0. The van der Waals surface area contributed by atoms with E-state index in [-0.39, 0.29) is 0 Å². The van der Waals surface area contributed by atoms with Crippen molar-refractivity contribution in [2.75, 3.05) is 27.2 Å². The highest BCUT2D eigenvalue weighted by Crippen LogP contribution is 2.35.